The van der Waals surface area contributed by atoms with Gasteiger partial charge in [-0.25, -0.2) is 4.39 Å². The zero-order valence-corrected chi connectivity index (χ0v) is 12.1. The number of fused-ring (bicyclic) bond motifs is 1. The number of aliphatic hydroxyl groups is 1. The van der Waals surface area contributed by atoms with Crippen LogP contribution in [-0.2, 0) is 6.54 Å². The topological polar surface area (TPSA) is 47.2 Å². The summed E-state index contributed by atoms with van der Waals surface area (Å²) in [5.41, 5.74) is 0.643. The monoisotopic (exact) mass is 298 g/mol. The number of rotatable bonds is 3. The van der Waals surface area contributed by atoms with Crippen molar-refractivity contribution in [3.63, 3.8) is 0 Å². The van der Waals surface area contributed by atoms with Gasteiger partial charge in [-0.05, 0) is 31.2 Å². The molecule has 0 unspecified atom stereocenters. The van der Waals surface area contributed by atoms with E-state index in [2.05, 4.69) is 6.58 Å². The standard InChI is InChI=1S/C17H15FN2O2/c1-3-19-10-13(11(2)21)17(22)12-8-14(18)16(9-15(12)19)20-6-4-5-7-20/h4-10,21H,2-3H2,1H3. The van der Waals surface area contributed by atoms with E-state index < -0.39 is 11.2 Å². The van der Waals surface area contributed by atoms with E-state index >= 15 is 0 Å². The van der Waals surface area contributed by atoms with Crippen molar-refractivity contribution in [1.82, 2.24) is 9.13 Å². The summed E-state index contributed by atoms with van der Waals surface area (Å²) in [6.07, 6.45) is 5.02. The number of halogens is 1. The highest BCUT2D eigenvalue weighted by Gasteiger charge is 2.14. The van der Waals surface area contributed by atoms with Gasteiger partial charge in [-0.15, -0.1) is 0 Å². The van der Waals surface area contributed by atoms with Gasteiger partial charge in [0.15, 0.2) is 5.43 Å². The molecule has 3 aromatic rings. The van der Waals surface area contributed by atoms with Crippen LogP contribution in [0.5, 0.6) is 0 Å². The van der Waals surface area contributed by atoms with E-state index in [1.807, 2.05) is 6.92 Å². The summed E-state index contributed by atoms with van der Waals surface area (Å²) in [4.78, 5) is 12.4. The molecule has 2 heterocycles. The van der Waals surface area contributed by atoms with Gasteiger partial charge in [-0.1, -0.05) is 6.58 Å². The molecule has 0 aliphatic heterocycles. The molecule has 0 atom stereocenters. The molecule has 0 saturated carbocycles. The molecule has 0 bridgehead atoms. The largest absolute Gasteiger partial charge is 0.508 e. The molecule has 1 aromatic carbocycles. The molecule has 4 nitrogen and oxygen atoms in total. The molecule has 0 radical (unpaired) electrons. The van der Waals surface area contributed by atoms with Crippen LogP contribution in [-0.4, -0.2) is 14.2 Å². The van der Waals surface area contributed by atoms with Crippen LogP contribution in [0, 0.1) is 5.82 Å². The molecule has 5 heteroatoms. The van der Waals surface area contributed by atoms with Crippen LogP contribution in [0.2, 0.25) is 0 Å². The molecule has 0 saturated heterocycles. The summed E-state index contributed by atoms with van der Waals surface area (Å²) in [6.45, 7) is 5.88. The van der Waals surface area contributed by atoms with Crippen LogP contribution in [0.1, 0.15) is 12.5 Å². The minimum Gasteiger partial charge on any atom is -0.508 e. The van der Waals surface area contributed by atoms with Crippen LogP contribution in [0.25, 0.3) is 22.3 Å². The van der Waals surface area contributed by atoms with Crippen molar-refractivity contribution < 1.29 is 9.50 Å². The number of aliphatic hydroxyl groups excluding tert-OH is 1. The summed E-state index contributed by atoms with van der Waals surface area (Å²) in [6, 6.07) is 6.45. The molecule has 3 rings (SSSR count). The molecule has 22 heavy (non-hydrogen) atoms. The fraction of sp³-hybridized carbons (Fsp3) is 0.118. The predicted octanol–water partition coefficient (Wildman–Crippen LogP) is 3.48. The fourth-order valence-electron chi connectivity index (χ4n) is 2.56. The first-order valence-corrected chi connectivity index (χ1v) is 6.91. The van der Waals surface area contributed by atoms with Gasteiger partial charge in [-0.2, -0.15) is 0 Å². The van der Waals surface area contributed by atoms with Gasteiger partial charge in [0, 0.05) is 30.5 Å². The van der Waals surface area contributed by atoms with Crippen LogP contribution in [0.4, 0.5) is 4.39 Å². The molecule has 0 aliphatic rings. The van der Waals surface area contributed by atoms with E-state index in [-0.39, 0.29) is 16.7 Å². The molecule has 1 N–H and O–H groups in total. The minimum atomic E-state index is -0.496. The van der Waals surface area contributed by atoms with E-state index in [1.54, 1.807) is 45.9 Å². The van der Waals surface area contributed by atoms with Crippen molar-refractivity contribution in [3.05, 3.63) is 71.0 Å². The number of pyridine rings is 1. The number of hydrogen-bond donors (Lipinski definition) is 1. The normalized spacial score (nSPS) is 11.0. The van der Waals surface area contributed by atoms with Crippen molar-refractivity contribution in [2.24, 2.45) is 0 Å². The van der Waals surface area contributed by atoms with Crippen molar-refractivity contribution >= 4 is 16.7 Å². The first kappa shape index (κ1) is 14.1. The molecule has 0 amide bonds. The summed E-state index contributed by atoms with van der Waals surface area (Å²) in [5.74, 6) is -0.812. The second-order valence-electron chi connectivity index (χ2n) is 5.02. The van der Waals surface area contributed by atoms with E-state index in [9.17, 15) is 14.3 Å². The maximum absolute atomic E-state index is 14.4. The number of aryl methyl sites for hydroxylation is 1. The maximum Gasteiger partial charge on any atom is 0.200 e. The molecule has 2 aromatic heterocycles. The third-order valence-electron chi connectivity index (χ3n) is 3.68. The van der Waals surface area contributed by atoms with Gasteiger partial charge >= 0.3 is 0 Å². The van der Waals surface area contributed by atoms with Gasteiger partial charge in [-0.3, -0.25) is 4.79 Å². The smallest absolute Gasteiger partial charge is 0.200 e. The van der Waals surface area contributed by atoms with Gasteiger partial charge in [0.1, 0.15) is 11.6 Å². The predicted molar refractivity (Wildman–Crippen MR) is 84.8 cm³/mol. The SMILES string of the molecule is C=C(O)c1cn(CC)c2cc(-n3cccc3)c(F)cc2c1=O. The number of hydrogen-bond acceptors (Lipinski definition) is 2. The van der Waals surface area contributed by atoms with E-state index in [0.717, 1.165) is 0 Å². The zero-order valence-electron chi connectivity index (χ0n) is 12.1. The molecule has 0 fully saturated rings. The van der Waals surface area contributed by atoms with Gasteiger partial charge in [0.25, 0.3) is 0 Å². The van der Waals surface area contributed by atoms with Gasteiger partial charge in [0.2, 0.25) is 0 Å². The first-order valence-electron chi connectivity index (χ1n) is 6.91. The number of nitrogens with zero attached hydrogens (tertiary/aromatic N) is 2. The lowest BCUT2D eigenvalue weighted by molar-refractivity contribution is 0.512. The summed E-state index contributed by atoms with van der Waals surface area (Å²) >= 11 is 0. The molecule has 0 aliphatic carbocycles. The highest BCUT2D eigenvalue weighted by molar-refractivity contribution is 5.84. The van der Waals surface area contributed by atoms with E-state index in [1.165, 1.54) is 6.07 Å². The maximum atomic E-state index is 14.4. The Bertz CT molecular complexity index is 924. The van der Waals surface area contributed by atoms with E-state index in [0.29, 0.717) is 17.7 Å². The van der Waals surface area contributed by atoms with Crippen molar-refractivity contribution in [3.8, 4) is 5.69 Å². The lowest BCUT2D eigenvalue weighted by Crippen LogP contribution is -2.15. The van der Waals surface area contributed by atoms with Gasteiger partial charge < -0.3 is 14.2 Å². The second-order valence-corrected chi connectivity index (χ2v) is 5.02. The Labute approximate surface area is 126 Å². The average Bonchev–Trinajstić information content (AvgIpc) is 3.01. The van der Waals surface area contributed by atoms with E-state index in [4.69, 9.17) is 0 Å². The lowest BCUT2D eigenvalue weighted by Gasteiger charge is -2.13. The lowest BCUT2D eigenvalue weighted by atomic mass is 10.1. The Balaban J connectivity index is 2.40. The molecule has 112 valence electrons. The highest BCUT2D eigenvalue weighted by atomic mass is 19.1. The quantitative estimate of drug-likeness (QED) is 0.753. The summed E-state index contributed by atoms with van der Waals surface area (Å²) in [5, 5.41) is 9.78. The third kappa shape index (κ3) is 2.11. The van der Waals surface area contributed by atoms with Crippen molar-refractivity contribution in [1.29, 1.82) is 0 Å². The fourth-order valence-corrected chi connectivity index (χ4v) is 2.56. The average molecular weight is 298 g/mol. The highest BCUT2D eigenvalue weighted by Crippen LogP contribution is 2.22. The second kappa shape index (κ2) is 5.18. The van der Waals surface area contributed by atoms with Gasteiger partial charge in [0.05, 0.1) is 16.8 Å². The number of aromatic nitrogens is 2. The minimum absolute atomic E-state index is 0.0856. The molecule has 0 spiro atoms. The Hall–Kier alpha value is -2.82. The van der Waals surface area contributed by atoms with Crippen LogP contribution in [0.15, 0.2) is 54.2 Å². The Morgan fingerprint density at radius 2 is 2.00 bits per heavy atom. The summed E-state index contributed by atoms with van der Waals surface area (Å²) < 4.78 is 17.8. The Morgan fingerprint density at radius 1 is 1.32 bits per heavy atom. The Kier molecular flexibility index (Phi) is 3.33. The summed E-state index contributed by atoms with van der Waals surface area (Å²) in [7, 11) is 0. The third-order valence-corrected chi connectivity index (χ3v) is 3.68. The van der Waals surface area contributed by atoms with Crippen LogP contribution in [0.3, 0.4) is 0 Å². The molecular formula is C17H15FN2O2. The Morgan fingerprint density at radius 3 is 2.59 bits per heavy atom. The first-order chi connectivity index (χ1) is 10.5. The number of benzene rings is 1. The van der Waals surface area contributed by atoms with Crippen molar-refractivity contribution in [2.45, 2.75) is 13.5 Å². The molecular weight excluding hydrogens is 283 g/mol. The zero-order chi connectivity index (χ0) is 15.9. The van der Waals surface area contributed by atoms with Crippen LogP contribution < -0.4 is 5.43 Å². The van der Waals surface area contributed by atoms with Crippen LogP contribution >= 0.6 is 0 Å². The van der Waals surface area contributed by atoms with Crippen molar-refractivity contribution in [2.75, 3.05) is 0 Å².